The fourth-order valence-electron chi connectivity index (χ4n) is 4.33. The Bertz CT molecular complexity index is 1130. The average Bonchev–Trinajstić information content (AvgIpc) is 3.13. The summed E-state index contributed by atoms with van der Waals surface area (Å²) in [5, 5.41) is 9.66. The number of benzene rings is 1. The Kier molecular flexibility index (Phi) is 5.81. The highest BCUT2D eigenvalue weighted by Crippen LogP contribution is 2.35. The summed E-state index contributed by atoms with van der Waals surface area (Å²) in [6.45, 7) is 0.639. The van der Waals surface area contributed by atoms with Crippen LogP contribution in [0.25, 0.3) is 11.2 Å². The van der Waals surface area contributed by atoms with Crippen molar-refractivity contribution in [3.05, 3.63) is 35.5 Å². The molecule has 7 nitrogen and oxygen atoms in total. The topological polar surface area (TPSA) is 79.7 Å². The number of alkyl halides is 4. The van der Waals surface area contributed by atoms with E-state index in [1.807, 2.05) is 4.57 Å². The van der Waals surface area contributed by atoms with E-state index in [2.05, 4.69) is 25.9 Å². The SMILES string of the molecule is FCc1cc(Nc2nc3cnc(NC4CCC4)nc3n2C2CCNCC2)cc(C(F)(F)F)c1. The first-order chi connectivity index (χ1) is 15.9. The number of piperidine rings is 1. The molecule has 1 saturated heterocycles. The number of imidazole rings is 1. The van der Waals surface area contributed by atoms with Gasteiger partial charge in [0, 0.05) is 17.8 Å². The van der Waals surface area contributed by atoms with E-state index in [-0.39, 0.29) is 17.3 Å². The minimum atomic E-state index is -4.58. The highest BCUT2D eigenvalue weighted by atomic mass is 19.4. The predicted molar refractivity (Wildman–Crippen MR) is 117 cm³/mol. The van der Waals surface area contributed by atoms with Crippen LogP contribution in [-0.2, 0) is 12.9 Å². The Morgan fingerprint density at radius 1 is 1.06 bits per heavy atom. The number of hydrogen-bond acceptors (Lipinski definition) is 6. The molecule has 11 heteroatoms. The maximum absolute atomic E-state index is 13.3. The summed E-state index contributed by atoms with van der Waals surface area (Å²) in [5.74, 6) is 0.892. The maximum Gasteiger partial charge on any atom is 0.416 e. The first kappa shape index (κ1) is 21.9. The van der Waals surface area contributed by atoms with Gasteiger partial charge in [0.1, 0.15) is 12.2 Å². The zero-order valence-electron chi connectivity index (χ0n) is 17.9. The molecule has 0 radical (unpaired) electrons. The van der Waals surface area contributed by atoms with E-state index in [0.29, 0.717) is 29.1 Å². The van der Waals surface area contributed by atoms with Crippen LogP contribution in [0.2, 0.25) is 0 Å². The van der Waals surface area contributed by atoms with Crippen LogP contribution in [-0.4, -0.2) is 38.7 Å². The van der Waals surface area contributed by atoms with Gasteiger partial charge in [0.2, 0.25) is 11.9 Å². The van der Waals surface area contributed by atoms with Crippen LogP contribution in [0.15, 0.2) is 24.4 Å². The summed E-state index contributed by atoms with van der Waals surface area (Å²) >= 11 is 0. The van der Waals surface area contributed by atoms with E-state index >= 15 is 0 Å². The second-order valence-corrected chi connectivity index (χ2v) is 8.64. The Morgan fingerprint density at radius 2 is 1.85 bits per heavy atom. The predicted octanol–water partition coefficient (Wildman–Crippen LogP) is 4.95. The van der Waals surface area contributed by atoms with Gasteiger partial charge in [0.25, 0.3) is 0 Å². The normalized spacial score (nSPS) is 17.8. The van der Waals surface area contributed by atoms with Crippen molar-refractivity contribution < 1.29 is 17.6 Å². The number of nitrogens with one attached hydrogen (secondary N) is 3. The Labute approximate surface area is 188 Å². The lowest BCUT2D eigenvalue weighted by molar-refractivity contribution is -0.137. The molecular weight excluding hydrogens is 438 g/mol. The molecule has 0 unspecified atom stereocenters. The lowest BCUT2D eigenvalue weighted by Crippen LogP contribution is -2.30. The summed E-state index contributed by atoms with van der Waals surface area (Å²) in [4.78, 5) is 13.7. The molecule has 0 atom stereocenters. The summed E-state index contributed by atoms with van der Waals surface area (Å²) in [7, 11) is 0. The molecule has 2 fully saturated rings. The summed E-state index contributed by atoms with van der Waals surface area (Å²) < 4.78 is 55.2. The van der Waals surface area contributed by atoms with Gasteiger partial charge in [-0.05, 0) is 69.0 Å². The van der Waals surface area contributed by atoms with Crippen molar-refractivity contribution in [2.24, 2.45) is 0 Å². The third-order valence-corrected chi connectivity index (χ3v) is 6.28. The third kappa shape index (κ3) is 4.59. The molecule has 2 aromatic heterocycles. The number of anilines is 3. The van der Waals surface area contributed by atoms with Crippen LogP contribution in [0, 0.1) is 0 Å². The maximum atomic E-state index is 13.3. The number of fused-ring (bicyclic) bond motifs is 1. The zero-order chi connectivity index (χ0) is 23.0. The smallest absolute Gasteiger partial charge is 0.351 e. The molecule has 3 N–H and O–H groups in total. The minimum absolute atomic E-state index is 0.0522. The lowest BCUT2D eigenvalue weighted by Gasteiger charge is -2.27. The second-order valence-electron chi connectivity index (χ2n) is 8.64. The molecule has 0 spiro atoms. The van der Waals surface area contributed by atoms with E-state index in [9.17, 15) is 17.6 Å². The largest absolute Gasteiger partial charge is 0.416 e. The van der Waals surface area contributed by atoms with Crippen molar-refractivity contribution in [3.63, 3.8) is 0 Å². The number of rotatable bonds is 6. The zero-order valence-corrected chi connectivity index (χ0v) is 17.9. The van der Waals surface area contributed by atoms with Crippen LogP contribution in [0.4, 0.5) is 35.1 Å². The van der Waals surface area contributed by atoms with Crippen molar-refractivity contribution in [2.45, 2.75) is 57.0 Å². The molecule has 1 saturated carbocycles. The Morgan fingerprint density at radius 3 is 2.52 bits per heavy atom. The van der Waals surface area contributed by atoms with E-state index in [1.54, 1.807) is 6.20 Å². The fourth-order valence-corrected chi connectivity index (χ4v) is 4.33. The van der Waals surface area contributed by atoms with Gasteiger partial charge in [-0.3, -0.25) is 4.57 Å². The molecular formula is C22H25F4N7. The number of aromatic nitrogens is 4. The van der Waals surface area contributed by atoms with E-state index in [1.165, 1.54) is 12.5 Å². The van der Waals surface area contributed by atoms with Gasteiger partial charge in [-0.25, -0.2) is 14.4 Å². The molecule has 1 aliphatic carbocycles. The van der Waals surface area contributed by atoms with Crippen LogP contribution in [0.3, 0.4) is 0 Å². The van der Waals surface area contributed by atoms with Crippen molar-refractivity contribution in [3.8, 4) is 0 Å². The summed E-state index contributed by atoms with van der Waals surface area (Å²) in [6, 6.07) is 3.60. The quantitative estimate of drug-likeness (QED) is 0.449. The summed E-state index contributed by atoms with van der Waals surface area (Å²) in [6.07, 6.45) is 2.04. The highest BCUT2D eigenvalue weighted by molar-refractivity contribution is 5.76. The third-order valence-electron chi connectivity index (χ3n) is 6.28. The van der Waals surface area contributed by atoms with Gasteiger partial charge >= 0.3 is 6.18 Å². The summed E-state index contributed by atoms with van der Waals surface area (Å²) in [5.41, 5.74) is 0.343. The van der Waals surface area contributed by atoms with Crippen molar-refractivity contribution in [1.29, 1.82) is 0 Å². The van der Waals surface area contributed by atoms with E-state index in [4.69, 9.17) is 4.98 Å². The molecule has 1 aliphatic heterocycles. The van der Waals surface area contributed by atoms with Gasteiger partial charge in [-0.1, -0.05) is 0 Å². The first-order valence-corrected chi connectivity index (χ1v) is 11.2. The van der Waals surface area contributed by atoms with Crippen LogP contribution >= 0.6 is 0 Å². The van der Waals surface area contributed by atoms with Gasteiger partial charge in [-0.2, -0.15) is 18.2 Å². The van der Waals surface area contributed by atoms with Gasteiger partial charge in [-0.15, -0.1) is 0 Å². The van der Waals surface area contributed by atoms with E-state index < -0.39 is 18.4 Å². The molecule has 2 aliphatic rings. The molecule has 1 aromatic carbocycles. The van der Waals surface area contributed by atoms with Crippen LogP contribution < -0.4 is 16.0 Å². The van der Waals surface area contributed by atoms with Crippen LogP contribution in [0.1, 0.15) is 49.3 Å². The standard InChI is InChI=1S/C22H25F4N7/c23-11-13-8-14(22(24,25)26)10-16(9-13)30-21-31-18-12-28-20(29-15-2-1-3-15)32-19(18)33(21)17-4-6-27-7-5-17/h8-10,12,15,17,27H,1-7,11H2,(H,30,31)(H,28,29,32). The average molecular weight is 463 g/mol. The van der Waals surface area contributed by atoms with Gasteiger partial charge < -0.3 is 16.0 Å². The Hall–Kier alpha value is -2.95. The molecule has 0 amide bonds. The van der Waals surface area contributed by atoms with Crippen molar-refractivity contribution in [2.75, 3.05) is 23.7 Å². The number of hydrogen-bond donors (Lipinski definition) is 3. The monoisotopic (exact) mass is 463 g/mol. The van der Waals surface area contributed by atoms with Crippen LogP contribution in [0.5, 0.6) is 0 Å². The highest BCUT2D eigenvalue weighted by Gasteiger charge is 2.31. The molecule has 3 aromatic rings. The Balaban J connectivity index is 1.55. The van der Waals surface area contributed by atoms with Gasteiger partial charge in [0.15, 0.2) is 5.65 Å². The lowest BCUT2D eigenvalue weighted by atomic mass is 9.93. The molecule has 33 heavy (non-hydrogen) atoms. The number of halogens is 4. The molecule has 3 heterocycles. The molecule has 176 valence electrons. The van der Waals surface area contributed by atoms with Gasteiger partial charge in [0.05, 0.1) is 11.8 Å². The molecule has 0 bridgehead atoms. The van der Waals surface area contributed by atoms with E-state index in [0.717, 1.165) is 50.9 Å². The van der Waals surface area contributed by atoms with Crippen molar-refractivity contribution >= 4 is 28.7 Å². The van der Waals surface area contributed by atoms with Crippen molar-refractivity contribution in [1.82, 2.24) is 24.8 Å². The second kappa shape index (κ2) is 8.77. The first-order valence-electron chi connectivity index (χ1n) is 11.2. The molecule has 5 rings (SSSR count). The minimum Gasteiger partial charge on any atom is -0.351 e. The number of nitrogens with zero attached hydrogens (tertiary/aromatic N) is 4. The fraction of sp³-hybridized carbons (Fsp3) is 0.500.